The highest BCUT2D eigenvalue weighted by Gasteiger charge is 2.32. The lowest BCUT2D eigenvalue weighted by molar-refractivity contribution is -0.384. The zero-order chi connectivity index (χ0) is 22.3. The summed E-state index contributed by atoms with van der Waals surface area (Å²) in [5, 5.41) is 23.7. The van der Waals surface area contributed by atoms with Gasteiger partial charge in [0.15, 0.2) is 5.65 Å². The van der Waals surface area contributed by atoms with Gasteiger partial charge in [0.25, 0.3) is 10.0 Å². The Morgan fingerprint density at radius 2 is 2.00 bits per heavy atom. The van der Waals surface area contributed by atoms with E-state index >= 15 is 0 Å². The number of aliphatic hydroxyl groups is 1. The third-order valence-corrected chi connectivity index (χ3v) is 7.23. The van der Waals surface area contributed by atoms with Crippen molar-refractivity contribution in [1.29, 1.82) is 0 Å². The van der Waals surface area contributed by atoms with Crippen LogP contribution >= 0.6 is 0 Å². The number of pyridine rings is 1. The average Bonchev–Trinajstić information content (AvgIpc) is 3.32. The number of hydrogen-bond acceptors (Lipinski definition) is 8. The Bertz CT molecular complexity index is 1240. The molecule has 3 heterocycles. The lowest BCUT2D eigenvalue weighted by Crippen LogP contribution is -2.35. The summed E-state index contributed by atoms with van der Waals surface area (Å²) in [6.07, 6.45) is 3.15. The molecule has 2 N–H and O–H groups in total. The van der Waals surface area contributed by atoms with E-state index in [2.05, 4.69) is 10.4 Å². The van der Waals surface area contributed by atoms with Gasteiger partial charge in [0.1, 0.15) is 11.9 Å². The van der Waals surface area contributed by atoms with Crippen LogP contribution in [0.25, 0.3) is 11.0 Å². The van der Waals surface area contributed by atoms with Crippen LogP contribution in [0.5, 0.6) is 0 Å². The molecule has 1 aromatic carbocycles. The number of nitro groups is 1. The van der Waals surface area contributed by atoms with Crippen LogP contribution < -0.4 is 5.43 Å². The summed E-state index contributed by atoms with van der Waals surface area (Å²) in [5.74, 6) is 0. The smallest absolute Gasteiger partial charge is 0.312 e. The molecule has 10 nitrogen and oxygen atoms in total. The predicted molar refractivity (Wildman–Crippen MR) is 115 cm³/mol. The number of aliphatic hydroxyl groups excluding tert-OH is 1. The maximum Gasteiger partial charge on any atom is 0.312 e. The molecule has 164 valence electrons. The Labute approximate surface area is 179 Å². The van der Waals surface area contributed by atoms with Crippen LogP contribution in [-0.2, 0) is 10.0 Å². The summed E-state index contributed by atoms with van der Waals surface area (Å²) in [4.78, 5) is 15.3. The fraction of sp³-hybridized carbons (Fsp3) is 0.350. The SMILES string of the molecule is CC[C@@H]1C[C@@H](O)CN1Nc1c([N+](=O)[O-])cnc2c1ccn2S(=O)(=O)c1ccc(C)cc1. The lowest BCUT2D eigenvalue weighted by atomic mass is 10.1. The molecule has 0 unspecified atom stereocenters. The van der Waals surface area contributed by atoms with Crippen molar-refractivity contribution in [2.75, 3.05) is 12.0 Å². The van der Waals surface area contributed by atoms with E-state index in [1.165, 1.54) is 24.4 Å². The van der Waals surface area contributed by atoms with E-state index in [-0.39, 0.29) is 28.0 Å². The average molecular weight is 446 g/mol. The van der Waals surface area contributed by atoms with E-state index in [1.54, 1.807) is 17.1 Å². The van der Waals surface area contributed by atoms with Crippen molar-refractivity contribution in [1.82, 2.24) is 14.0 Å². The number of nitrogens with zero attached hydrogens (tertiary/aromatic N) is 4. The van der Waals surface area contributed by atoms with E-state index in [0.29, 0.717) is 18.4 Å². The van der Waals surface area contributed by atoms with E-state index in [4.69, 9.17) is 0 Å². The molecular weight excluding hydrogens is 422 g/mol. The topological polar surface area (TPSA) is 131 Å². The molecule has 0 amide bonds. The van der Waals surface area contributed by atoms with Gasteiger partial charge in [-0.1, -0.05) is 24.6 Å². The van der Waals surface area contributed by atoms with Crippen LogP contribution in [0.1, 0.15) is 25.3 Å². The van der Waals surface area contributed by atoms with Gasteiger partial charge >= 0.3 is 5.69 Å². The van der Waals surface area contributed by atoms with Gasteiger partial charge in [0, 0.05) is 18.8 Å². The first kappa shape index (κ1) is 21.2. The molecule has 31 heavy (non-hydrogen) atoms. The molecule has 0 aliphatic carbocycles. The molecule has 2 atom stereocenters. The standard InChI is InChI=1S/C20H23N5O5S/c1-3-14-10-15(26)12-23(14)22-19-17-8-9-24(20(17)21-11-18(19)25(27)28)31(29,30)16-6-4-13(2)5-7-16/h4-9,11,14-15,26H,3,10,12H2,1-2H3,(H,21,22)/t14-,15-/m1/s1. The van der Waals surface area contributed by atoms with E-state index < -0.39 is 21.1 Å². The summed E-state index contributed by atoms with van der Waals surface area (Å²) in [5.41, 5.74) is 3.96. The van der Waals surface area contributed by atoms with Crippen LogP contribution in [0.3, 0.4) is 0 Å². The molecule has 0 spiro atoms. The Morgan fingerprint density at radius 3 is 2.65 bits per heavy atom. The minimum absolute atomic E-state index is 0.00352. The molecular formula is C20H23N5O5S. The van der Waals surface area contributed by atoms with E-state index in [0.717, 1.165) is 22.2 Å². The maximum atomic E-state index is 13.2. The second-order valence-corrected chi connectivity index (χ2v) is 9.47. The number of aryl methyl sites for hydroxylation is 1. The van der Waals surface area contributed by atoms with Gasteiger partial charge in [-0.2, -0.15) is 0 Å². The first-order chi connectivity index (χ1) is 14.7. The van der Waals surface area contributed by atoms with Crippen molar-refractivity contribution in [3.8, 4) is 0 Å². The Kier molecular flexibility index (Phi) is 5.42. The first-order valence-electron chi connectivity index (χ1n) is 9.90. The second-order valence-electron chi connectivity index (χ2n) is 7.66. The number of rotatable bonds is 6. The number of hydrogen-bond donors (Lipinski definition) is 2. The van der Waals surface area contributed by atoms with Crippen molar-refractivity contribution in [2.24, 2.45) is 0 Å². The Morgan fingerprint density at radius 1 is 1.29 bits per heavy atom. The van der Waals surface area contributed by atoms with Crippen molar-refractivity contribution < 1.29 is 18.4 Å². The molecule has 2 aromatic heterocycles. The Balaban J connectivity index is 1.83. The fourth-order valence-corrected chi connectivity index (χ4v) is 5.19. The number of aromatic nitrogens is 2. The van der Waals surface area contributed by atoms with Crippen molar-refractivity contribution in [3.05, 3.63) is 58.4 Å². The number of benzene rings is 1. The van der Waals surface area contributed by atoms with Crippen LogP contribution in [0.2, 0.25) is 0 Å². The summed E-state index contributed by atoms with van der Waals surface area (Å²) in [7, 11) is -3.94. The number of anilines is 1. The summed E-state index contributed by atoms with van der Waals surface area (Å²) in [6, 6.07) is 7.92. The molecule has 4 rings (SSSR count). The van der Waals surface area contributed by atoms with Crippen LogP contribution in [0.4, 0.5) is 11.4 Å². The highest BCUT2D eigenvalue weighted by atomic mass is 32.2. The molecule has 0 bridgehead atoms. The van der Waals surface area contributed by atoms with Gasteiger partial charge < -0.3 is 10.5 Å². The summed E-state index contributed by atoms with van der Waals surface area (Å²) < 4.78 is 27.3. The van der Waals surface area contributed by atoms with Crippen LogP contribution in [0, 0.1) is 17.0 Å². The zero-order valence-corrected chi connectivity index (χ0v) is 17.9. The molecule has 1 saturated heterocycles. The van der Waals surface area contributed by atoms with Gasteiger partial charge in [0.2, 0.25) is 0 Å². The van der Waals surface area contributed by atoms with Crippen molar-refractivity contribution in [2.45, 2.75) is 43.7 Å². The van der Waals surface area contributed by atoms with Gasteiger partial charge in [-0.05, 0) is 38.0 Å². The minimum Gasteiger partial charge on any atom is -0.392 e. The quantitative estimate of drug-likeness (QED) is 0.437. The lowest BCUT2D eigenvalue weighted by Gasteiger charge is -2.25. The highest BCUT2D eigenvalue weighted by Crippen LogP contribution is 2.35. The van der Waals surface area contributed by atoms with Crippen LogP contribution in [-0.4, -0.2) is 51.1 Å². The molecule has 1 aliphatic heterocycles. The fourth-order valence-electron chi connectivity index (χ4n) is 3.89. The molecule has 0 radical (unpaired) electrons. The monoisotopic (exact) mass is 445 g/mol. The number of fused-ring (bicyclic) bond motifs is 1. The van der Waals surface area contributed by atoms with Gasteiger partial charge in [-0.15, -0.1) is 0 Å². The van der Waals surface area contributed by atoms with Crippen molar-refractivity contribution >= 4 is 32.4 Å². The third kappa shape index (κ3) is 3.75. The van der Waals surface area contributed by atoms with E-state index in [9.17, 15) is 23.6 Å². The molecule has 3 aromatic rings. The normalized spacial score (nSPS) is 19.7. The molecule has 1 aliphatic rings. The first-order valence-corrected chi connectivity index (χ1v) is 11.3. The van der Waals surface area contributed by atoms with Gasteiger partial charge in [0.05, 0.1) is 21.3 Å². The molecule has 1 fully saturated rings. The minimum atomic E-state index is -3.94. The van der Waals surface area contributed by atoms with E-state index in [1.807, 2.05) is 13.8 Å². The van der Waals surface area contributed by atoms with Gasteiger partial charge in [-0.25, -0.2) is 22.4 Å². The van der Waals surface area contributed by atoms with Gasteiger partial charge in [-0.3, -0.25) is 10.1 Å². The zero-order valence-electron chi connectivity index (χ0n) is 17.1. The Hall–Kier alpha value is -3.02. The number of β-amino-alcohol motifs (C(OH)–C–C–N with tert-alkyl or cyclic N) is 1. The predicted octanol–water partition coefficient (Wildman–Crippen LogP) is 2.66. The third-order valence-electron chi connectivity index (χ3n) is 5.55. The number of nitrogens with one attached hydrogen (secondary N) is 1. The largest absolute Gasteiger partial charge is 0.392 e. The second kappa shape index (κ2) is 7.91. The summed E-state index contributed by atoms with van der Waals surface area (Å²) >= 11 is 0. The maximum absolute atomic E-state index is 13.2. The number of hydrazine groups is 1. The van der Waals surface area contributed by atoms with Crippen LogP contribution in [0.15, 0.2) is 47.6 Å². The molecule has 0 saturated carbocycles. The van der Waals surface area contributed by atoms with Crippen molar-refractivity contribution in [3.63, 3.8) is 0 Å². The summed E-state index contributed by atoms with van der Waals surface area (Å²) in [6.45, 7) is 4.14. The highest BCUT2D eigenvalue weighted by molar-refractivity contribution is 7.90. The molecule has 11 heteroatoms.